The highest BCUT2D eigenvalue weighted by Crippen LogP contribution is 2.19. The Labute approximate surface area is 108 Å². The normalized spacial score (nSPS) is 12.3. The van der Waals surface area contributed by atoms with Crippen molar-refractivity contribution in [2.24, 2.45) is 5.73 Å². The molecule has 0 aliphatic rings. The molecule has 0 spiro atoms. The van der Waals surface area contributed by atoms with Gasteiger partial charge in [-0.1, -0.05) is 54.6 Å². The van der Waals surface area contributed by atoms with Crippen molar-refractivity contribution in [3.8, 4) is 0 Å². The zero-order chi connectivity index (χ0) is 12.8. The van der Waals surface area contributed by atoms with E-state index in [0.717, 1.165) is 6.42 Å². The van der Waals surface area contributed by atoms with Crippen LogP contribution in [0.5, 0.6) is 0 Å². The predicted molar refractivity (Wildman–Crippen MR) is 74.2 cm³/mol. The van der Waals surface area contributed by atoms with Gasteiger partial charge in [0.1, 0.15) is 0 Å². The Hall–Kier alpha value is -1.64. The van der Waals surface area contributed by atoms with E-state index < -0.39 is 0 Å². The van der Waals surface area contributed by atoms with Crippen molar-refractivity contribution in [1.29, 1.82) is 0 Å². The van der Waals surface area contributed by atoms with Gasteiger partial charge in [0.05, 0.1) is 6.61 Å². The molecule has 1 atom stereocenters. The summed E-state index contributed by atoms with van der Waals surface area (Å²) < 4.78 is 5.22. The zero-order valence-electron chi connectivity index (χ0n) is 10.7. The molecule has 2 N–H and O–H groups in total. The number of rotatable bonds is 5. The first-order chi connectivity index (χ1) is 8.81. The van der Waals surface area contributed by atoms with Crippen LogP contribution in [0, 0.1) is 0 Å². The average Bonchev–Trinajstić information content (AvgIpc) is 2.42. The predicted octanol–water partition coefficient (Wildman–Crippen LogP) is 3.08. The van der Waals surface area contributed by atoms with E-state index in [4.69, 9.17) is 10.5 Å². The Kier molecular flexibility index (Phi) is 4.51. The molecule has 1 unspecified atom stereocenters. The van der Waals surface area contributed by atoms with Crippen LogP contribution in [0.4, 0.5) is 0 Å². The third-order valence-corrected chi connectivity index (χ3v) is 3.09. The van der Waals surface area contributed by atoms with Crippen molar-refractivity contribution in [2.75, 3.05) is 7.11 Å². The Morgan fingerprint density at radius 1 is 0.944 bits per heavy atom. The van der Waals surface area contributed by atoms with E-state index >= 15 is 0 Å². The Balaban J connectivity index is 2.14. The number of hydrogen-bond acceptors (Lipinski definition) is 2. The van der Waals surface area contributed by atoms with Gasteiger partial charge in [0.2, 0.25) is 0 Å². The van der Waals surface area contributed by atoms with Crippen LogP contribution < -0.4 is 5.73 Å². The molecule has 0 aliphatic heterocycles. The van der Waals surface area contributed by atoms with Gasteiger partial charge >= 0.3 is 0 Å². The Morgan fingerprint density at radius 2 is 1.56 bits per heavy atom. The van der Waals surface area contributed by atoms with E-state index in [0.29, 0.717) is 6.61 Å². The summed E-state index contributed by atoms with van der Waals surface area (Å²) in [5.74, 6) is 0. The van der Waals surface area contributed by atoms with E-state index in [1.54, 1.807) is 7.11 Å². The topological polar surface area (TPSA) is 35.2 Å². The summed E-state index contributed by atoms with van der Waals surface area (Å²) in [6, 6.07) is 18.5. The molecule has 2 aromatic carbocycles. The Morgan fingerprint density at radius 3 is 2.22 bits per heavy atom. The van der Waals surface area contributed by atoms with E-state index in [1.807, 2.05) is 30.3 Å². The zero-order valence-corrected chi connectivity index (χ0v) is 10.7. The number of hydrogen-bond donors (Lipinski definition) is 1. The van der Waals surface area contributed by atoms with Gasteiger partial charge in [-0.25, -0.2) is 0 Å². The molecule has 2 aromatic rings. The van der Waals surface area contributed by atoms with Crippen molar-refractivity contribution in [1.82, 2.24) is 0 Å². The molecule has 0 bridgehead atoms. The molecule has 2 nitrogen and oxygen atoms in total. The van der Waals surface area contributed by atoms with Crippen LogP contribution in [-0.2, 0) is 17.8 Å². The Bertz CT molecular complexity index is 481. The van der Waals surface area contributed by atoms with Crippen molar-refractivity contribution in [3.05, 3.63) is 71.3 Å². The number of methoxy groups -OCH3 is 1. The standard InChI is InChI=1S/C16H19NO/c1-18-12-15-10-6-5-9-14(15)11-16(17)13-7-3-2-4-8-13/h2-10,16H,11-12,17H2,1H3. The highest BCUT2D eigenvalue weighted by atomic mass is 16.5. The summed E-state index contributed by atoms with van der Waals surface area (Å²) in [7, 11) is 1.72. The lowest BCUT2D eigenvalue weighted by Gasteiger charge is -2.15. The highest BCUT2D eigenvalue weighted by molar-refractivity contribution is 5.29. The van der Waals surface area contributed by atoms with Crippen LogP contribution in [0.25, 0.3) is 0 Å². The summed E-state index contributed by atoms with van der Waals surface area (Å²) in [4.78, 5) is 0. The van der Waals surface area contributed by atoms with Crippen LogP contribution in [0.1, 0.15) is 22.7 Å². The molecule has 2 heteroatoms. The monoisotopic (exact) mass is 241 g/mol. The van der Waals surface area contributed by atoms with Gasteiger partial charge in [-0.15, -0.1) is 0 Å². The first kappa shape index (κ1) is 12.8. The lowest BCUT2D eigenvalue weighted by atomic mass is 9.96. The molecule has 0 radical (unpaired) electrons. The molecule has 0 heterocycles. The minimum Gasteiger partial charge on any atom is -0.380 e. The molecular weight excluding hydrogens is 222 g/mol. The van der Waals surface area contributed by atoms with Crippen LogP contribution in [0.15, 0.2) is 54.6 Å². The van der Waals surface area contributed by atoms with Crippen molar-refractivity contribution < 1.29 is 4.74 Å². The maximum absolute atomic E-state index is 6.25. The molecular formula is C16H19NO. The third-order valence-electron chi connectivity index (χ3n) is 3.09. The number of ether oxygens (including phenoxy) is 1. The molecule has 0 amide bonds. The van der Waals surface area contributed by atoms with Crippen LogP contribution in [0.2, 0.25) is 0 Å². The van der Waals surface area contributed by atoms with Crippen LogP contribution in [0.3, 0.4) is 0 Å². The fraction of sp³-hybridized carbons (Fsp3) is 0.250. The van der Waals surface area contributed by atoms with Gasteiger partial charge in [0.15, 0.2) is 0 Å². The van der Waals surface area contributed by atoms with E-state index in [2.05, 4.69) is 24.3 Å². The smallest absolute Gasteiger partial charge is 0.0715 e. The van der Waals surface area contributed by atoms with Gasteiger partial charge in [0, 0.05) is 13.2 Å². The number of benzene rings is 2. The summed E-state index contributed by atoms with van der Waals surface area (Å²) in [5, 5.41) is 0. The van der Waals surface area contributed by atoms with Gasteiger partial charge in [-0.2, -0.15) is 0 Å². The largest absolute Gasteiger partial charge is 0.380 e. The SMILES string of the molecule is COCc1ccccc1CC(N)c1ccccc1. The first-order valence-corrected chi connectivity index (χ1v) is 6.17. The molecule has 0 saturated carbocycles. The summed E-state index contributed by atoms with van der Waals surface area (Å²) in [6.07, 6.45) is 0.837. The molecule has 0 saturated heterocycles. The number of nitrogens with two attached hydrogens (primary N) is 1. The molecule has 0 aromatic heterocycles. The van der Waals surface area contributed by atoms with E-state index in [9.17, 15) is 0 Å². The van der Waals surface area contributed by atoms with Crippen molar-refractivity contribution in [3.63, 3.8) is 0 Å². The quantitative estimate of drug-likeness (QED) is 0.873. The second kappa shape index (κ2) is 6.34. The third kappa shape index (κ3) is 3.19. The summed E-state index contributed by atoms with van der Waals surface area (Å²) in [5.41, 5.74) is 9.90. The van der Waals surface area contributed by atoms with Gasteiger partial charge in [-0.3, -0.25) is 0 Å². The fourth-order valence-electron chi connectivity index (χ4n) is 2.11. The van der Waals surface area contributed by atoms with Gasteiger partial charge in [0.25, 0.3) is 0 Å². The molecule has 2 rings (SSSR count). The molecule has 0 fully saturated rings. The van der Waals surface area contributed by atoms with Gasteiger partial charge < -0.3 is 10.5 Å². The minimum atomic E-state index is 0.0317. The molecule has 94 valence electrons. The molecule has 18 heavy (non-hydrogen) atoms. The van der Waals surface area contributed by atoms with E-state index in [1.165, 1.54) is 16.7 Å². The second-order valence-electron chi connectivity index (χ2n) is 4.42. The summed E-state index contributed by atoms with van der Waals surface area (Å²) >= 11 is 0. The average molecular weight is 241 g/mol. The summed E-state index contributed by atoms with van der Waals surface area (Å²) in [6.45, 7) is 0.637. The fourth-order valence-corrected chi connectivity index (χ4v) is 2.11. The van der Waals surface area contributed by atoms with Crippen LogP contribution in [-0.4, -0.2) is 7.11 Å². The van der Waals surface area contributed by atoms with Gasteiger partial charge in [-0.05, 0) is 23.1 Å². The van der Waals surface area contributed by atoms with E-state index in [-0.39, 0.29) is 6.04 Å². The minimum absolute atomic E-state index is 0.0317. The maximum Gasteiger partial charge on any atom is 0.0715 e. The molecule has 0 aliphatic carbocycles. The lowest BCUT2D eigenvalue weighted by Crippen LogP contribution is -2.14. The maximum atomic E-state index is 6.25. The van der Waals surface area contributed by atoms with Crippen molar-refractivity contribution >= 4 is 0 Å². The van der Waals surface area contributed by atoms with Crippen molar-refractivity contribution in [2.45, 2.75) is 19.1 Å². The van der Waals surface area contributed by atoms with Crippen LogP contribution >= 0.6 is 0 Å². The second-order valence-corrected chi connectivity index (χ2v) is 4.42. The highest BCUT2D eigenvalue weighted by Gasteiger charge is 2.09. The first-order valence-electron chi connectivity index (χ1n) is 6.17. The lowest BCUT2D eigenvalue weighted by molar-refractivity contribution is 0.184.